The second-order valence-electron chi connectivity index (χ2n) is 6.01. The Kier molecular flexibility index (Phi) is 4.37. The van der Waals surface area contributed by atoms with E-state index in [9.17, 15) is 4.79 Å². The number of carbonyl (C=O) groups is 1. The zero-order valence-corrected chi connectivity index (χ0v) is 14.1. The molecule has 2 aromatic rings. The highest BCUT2D eigenvalue weighted by Gasteiger charge is 2.23. The first kappa shape index (κ1) is 15.6. The number of nitrogens with zero attached hydrogens (tertiary/aromatic N) is 2. The number of amides is 1. The number of benzene rings is 1. The molecule has 1 heterocycles. The number of anilines is 2. The molecule has 2 N–H and O–H groups in total. The molecule has 5 nitrogen and oxygen atoms in total. The molecule has 1 aromatic heterocycles. The SMILES string of the molecule is CCN(CC)c1ccc(NC(=O)c2n[nH]c3c2CCC3)c(C)c1. The minimum atomic E-state index is -0.122. The quantitative estimate of drug-likeness (QED) is 0.890. The van der Waals surface area contributed by atoms with Crippen molar-refractivity contribution >= 4 is 17.3 Å². The number of aryl methyl sites for hydroxylation is 2. The van der Waals surface area contributed by atoms with Crippen LogP contribution in [0.5, 0.6) is 0 Å². The molecule has 0 bridgehead atoms. The van der Waals surface area contributed by atoms with Crippen LogP contribution in [0.4, 0.5) is 11.4 Å². The normalized spacial score (nSPS) is 13.0. The van der Waals surface area contributed by atoms with Crippen LogP contribution in [0.25, 0.3) is 0 Å². The number of fused-ring (bicyclic) bond motifs is 1. The van der Waals surface area contributed by atoms with Gasteiger partial charge in [-0.2, -0.15) is 5.10 Å². The number of carbonyl (C=O) groups excluding carboxylic acids is 1. The average molecular weight is 312 g/mol. The van der Waals surface area contributed by atoms with Crippen molar-refractivity contribution in [1.29, 1.82) is 0 Å². The summed E-state index contributed by atoms with van der Waals surface area (Å²) in [6, 6.07) is 6.16. The maximum Gasteiger partial charge on any atom is 0.276 e. The molecule has 1 aliphatic rings. The van der Waals surface area contributed by atoms with E-state index in [2.05, 4.69) is 46.4 Å². The molecule has 1 aromatic carbocycles. The van der Waals surface area contributed by atoms with E-state index in [0.29, 0.717) is 5.69 Å². The fourth-order valence-electron chi connectivity index (χ4n) is 3.26. The summed E-state index contributed by atoms with van der Waals surface area (Å²) < 4.78 is 0. The Bertz CT molecular complexity index is 716. The van der Waals surface area contributed by atoms with E-state index >= 15 is 0 Å². The Labute approximate surface area is 137 Å². The lowest BCUT2D eigenvalue weighted by molar-refractivity contribution is 0.102. The number of rotatable bonds is 5. The largest absolute Gasteiger partial charge is 0.372 e. The zero-order chi connectivity index (χ0) is 16.4. The van der Waals surface area contributed by atoms with Gasteiger partial charge in [0.15, 0.2) is 5.69 Å². The van der Waals surface area contributed by atoms with Gasteiger partial charge in [-0.3, -0.25) is 9.89 Å². The molecule has 0 fully saturated rings. The highest BCUT2D eigenvalue weighted by molar-refractivity contribution is 6.04. The highest BCUT2D eigenvalue weighted by atomic mass is 16.1. The number of nitrogens with one attached hydrogen (secondary N) is 2. The molecule has 3 rings (SSSR count). The van der Waals surface area contributed by atoms with E-state index in [-0.39, 0.29) is 5.91 Å². The summed E-state index contributed by atoms with van der Waals surface area (Å²) in [6.07, 6.45) is 3.03. The molecule has 122 valence electrons. The van der Waals surface area contributed by atoms with Crippen LogP contribution in [0.2, 0.25) is 0 Å². The van der Waals surface area contributed by atoms with E-state index in [4.69, 9.17) is 0 Å². The lowest BCUT2D eigenvalue weighted by Gasteiger charge is -2.22. The summed E-state index contributed by atoms with van der Waals surface area (Å²) in [4.78, 5) is 14.8. The average Bonchev–Trinajstić information content (AvgIpc) is 3.14. The number of aromatic amines is 1. The Morgan fingerprint density at radius 2 is 2.09 bits per heavy atom. The van der Waals surface area contributed by atoms with Gasteiger partial charge in [0.05, 0.1) is 0 Å². The minimum Gasteiger partial charge on any atom is -0.372 e. The van der Waals surface area contributed by atoms with Crippen molar-refractivity contribution in [3.05, 3.63) is 40.7 Å². The van der Waals surface area contributed by atoms with Gasteiger partial charge in [0.2, 0.25) is 0 Å². The maximum absolute atomic E-state index is 12.5. The van der Waals surface area contributed by atoms with Crippen molar-refractivity contribution < 1.29 is 4.79 Å². The van der Waals surface area contributed by atoms with Gasteiger partial charge in [0, 0.05) is 35.7 Å². The lowest BCUT2D eigenvalue weighted by atomic mass is 10.1. The number of H-pyrrole nitrogens is 1. The van der Waals surface area contributed by atoms with E-state index in [1.807, 2.05) is 13.0 Å². The minimum absolute atomic E-state index is 0.122. The van der Waals surface area contributed by atoms with E-state index in [0.717, 1.165) is 54.9 Å². The number of hydrogen-bond donors (Lipinski definition) is 2. The Hall–Kier alpha value is -2.30. The van der Waals surface area contributed by atoms with Crippen LogP contribution in [0.3, 0.4) is 0 Å². The van der Waals surface area contributed by atoms with E-state index in [1.54, 1.807) is 0 Å². The van der Waals surface area contributed by atoms with Crippen molar-refractivity contribution in [1.82, 2.24) is 10.2 Å². The topological polar surface area (TPSA) is 61.0 Å². The van der Waals surface area contributed by atoms with Crippen LogP contribution >= 0.6 is 0 Å². The summed E-state index contributed by atoms with van der Waals surface area (Å²) in [5.41, 5.74) is 5.84. The first-order valence-corrected chi connectivity index (χ1v) is 8.37. The van der Waals surface area contributed by atoms with Crippen LogP contribution in [-0.4, -0.2) is 29.2 Å². The molecule has 0 radical (unpaired) electrons. The summed E-state index contributed by atoms with van der Waals surface area (Å²) in [7, 11) is 0. The monoisotopic (exact) mass is 312 g/mol. The number of aromatic nitrogens is 2. The van der Waals surface area contributed by atoms with E-state index < -0.39 is 0 Å². The third-order valence-electron chi connectivity index (χ3n) is 4.61. The van der Waals surface area contributed by atoms with Crippen LogP contribution in [0.15, 0.2) is 18.2 Å². The molecule has 0 saturated carbocycles. The fraction of sp³-hybridized carbons (Fsp3) is 0.444. The van der Waals surface area contributed by atoms with Gasteiger partial charge in [-0.05, 0) is 63.8 Å². The van der Waals surface area contributed by atoms with Gasteiger partial charge in [0.1, 0.15) is 0 Å². The van der Waals surface area contributed by atoms with Crippen molar-refractivity contribution in [2.24, 2.45) is 0 Å². The van der Waals surface area contributed by atoms with Crippen LogP contribution < -0.4 is 10.2 Å². The van der Waals surface area contributed by atoms with Crippen molar-refractivity contribution in [2.75, 3.05) is 23.3 Å². The van der Waals surface area contributed by atoms with Crippen molar-refractivity contribution in [3.8, 4) is 0 Å². The predicted octanol–water partition coefficient (Wildman–Crippen LogP) is 3.31. The Morgan fingerprint density at radius 1 is 1.30 bits per heavy atom. The molecule has 0 atom stereocenters. The Morgan fingerprint density at radius 3 is 2.78 bits per heavy atom. The molecule has 5 heteroatoms. The predicted molar refractivity (Wildman–Crippen MR) is 93.3 cm³/mol. The molecular formula is C18H24N4O. The first-order chi connectivity index (χ1) is 11.1. The molecular weight excluding hydrogens is 288 g/mol. The second-order valence-corrected chi connectivity index (χ2v) is 6.01. The third-order valence-corrected chi connectivity index (χ3v) is 4.61. The van der Waals surface area contributed by atoms with Crippen LogP contribution in [0, 0.1) is 6.92 Å². The third kappa shape index (κ3) is 2.96. The molecule has 0 spiro atoms. The van der Waals surface area contributed by atoms with Gasteiger partial charge in [0.25, 0.3) is 5.91 Å². The van der Waals surface area contributed by atoms with Gasteiger partial charge in [-0.1, -0.05) is 0 Å². The molecule has 1 aliphatic carbocycles. The zero-order valence-electron chi connectivity index (χ0n) is 14.1. The summed E-state index contributed by atoms with van der Waals surface area (Å²) >= 11 is 0. The first-order valence-electron chi connectivity index (χ1n) is 8.37. The second kappa shape index (κ2) is 6.44. The summed E-state index contributed by atoms with van der Waals surface area (Å²) in [5, 5.41) is 10.2. The molecule has 1 amide bonds. The molecule has 0 unspecified atom stereocenters. The fourth-order valence-corrected chi connectivity index (χ4v) is 3.26. The van der Waals surface area contributed by atoms with Gasteiger partial charge in [-0.15, -0.1) is 0 Å². The highest BCUT2D eigenvalue weighted by Crippen LogP contribution is 2.26. The maximum atomic E-state index is 12.5. The van der Waals surface area contributed by atoms with Gasteiger partial charge in [-0.25, -0.2) is 0 Å². The lowest BCUT2D eigenvalue weighted by Crippen LogP contribution is -2.22. The van der Waals surface area contributed by atoms with Crippen molar-refractivity contribution in [3.63, 3.8) is 0 Å². The summed E-state index contributed by atoms with van der Waals surface area (Å²) in [5.74, 6) is -0.122. The Balaban J connectivity index is 1.78. The number of hydrogen-bond acceptors (Lipinski definition) is 3. The molecule has 0 saturated heterocycles. The molecule has 23 heavy (non-hydrogen) atoms. The van der Waals surface area contributed by atoms with Gasteiger partial charge >= 0.3 is 0 Å². The summed E-state index contributed by atoms with van der Waals surface area (Å²) in [6.45, 7) is 8.26. The van der Waals surface area contributed by atoms with Gasteiger partial charge < -0.3 is 10.2 Å². The smallest absolute Gasteiger partial charge is 0.276 e. The van der Waals surface area contributed by atoms with E-state index in [1.165, 1.54) is 5.69 Å². The molecule has 0 aliphatic heterocycles. The van der Waals surface area contributed by atoms with Crippen LogP contribution in [-0.2, 0) is 12.8 Å². The van der Waals surface area contributed by atoms with Crippen molar-refractivity contribution in [2.45, 2.75) is 40.0 Å². The van der Waals surface area contributed by atoms with Crippen LogP contribution in [0.1, 0.15) is 47.6 Å². The standard InChI is InChI=1S/C18H24N4O/c1-4-22(5-2)13-9-10-15(12(3)11-13)19-18(23)17-14-7-6-8-16(14)20-21-17/h9-11H,4-8H2,1-3H3,(H,19,23)(H,20,21).